The topological polar surface area (TPSA) is 77.3 Å². The van der Waals surface area contributed by atoms with Gasteiger partial charge in [0, 0.05) is 23.1 Å². The van der Waals surface area contributed by atoms with Gasteiger partial charge in [-0.05, 0) is 55.3 Å². The summed E-state index contributed by atoms with van der Waals surface area (Å²) in [5.41, 5.74) is 0.260. The van der Waals surface area contributed by atoms with Crippen LogP contribution in [0.3, 0.4) is 0 Å². The zero-order valence-corrected chi connectivity index (χ0v) is 17.5. The highest BCUT2D eigenvalue weighted by molar-refractivity contribution is 6.30. The first-order valence-electron chi connectivity index (χ1n) is 9.84. The van der Waals surface area contributed by atoms with Crippen LogP contribution in [-0.4, -0.2) is 22.2 Å². The molecule has 1 heterocycles. The predicted octanol–water partition coefficient (Wildman–Crippen LogP) is 5.58. The fourth-order valence-corrected chi connectivity index (χ4v) is 3.89. The molecule has 162 valence electrons. The van der Waals surface area contributed by atoms with E-state index in [4.69, 9.17) is 16.1 Å². The van der Waals surface area contributed by atoms with Gasteiger partial charge in [-0.3, -0.25) is 4.79 Å². The van der Waals surface area contributed by atoms with Crippen molar-refractivity contribution < 1.29 is 22.8 Å². The number of benzene rings is 2. The van der Waals surface area contributed by atoms with E-state index in [0.29, 0.717) is 47.6 Å². The lowest BCUT2D eigenvalue weighted by Gasteiger charge is -2.26. The monoisotopic (exact) mass is 447 g/mol. The molecule has 3 aromatic rings. The highest BCUT2D eigenvalue weighted by atomic mass is 35.5. The molecule has 1 amide bonds. The summed E-state index contributed by atoms with van der Waals surface area (Å²) in [6, 6.07) is 12.7. The molecule has 0 spiro atoms. The van der Waals surface area contributed by atoms with E-state index in [1.807, 2.05) is 0 Å². The standard InChI is InChI=1S/C22H20ClF2N3O3/c1-21(24,25)30-17-9-7-14(8-10-17)18-26-20(31-28-18)22(11-2-3-12-22)27-19(29)15-5-4-6-16(23)13-15/h4-10,13H,2-3,11-12H2,1H3,(H,27,29). The fourth-order valence-electron chi connectivity index (χ4n) is 3.70. The van der Waals surface area contributed by atoms with Crippen LogP contribution in [0.1, 0.15) is 48.9 Å². The van der Waals surface area contributed by atoms with Gasteiger partial charge in [0.15, 0.2) is 0 Å². The van der Waals surface area contributed by atoms with E-state index in [1.165, 1.54) is 12.1 Å². The van der Waals surface area contributed by atoms with Crippen molar-refractivity contribution in [1.29, 1.82) is 0 Å². The summed E-state index contributed by atoms with van der Waals surface area (Å²) in [7, 11) is 0. The number of nitrogens with zero attached hydrogens (tertiary/aromatic N) is 2. The zero-order valence-electron chi connectivity index (χ0n) is 16.7. The van der Waals surface area contributed by atoms with Crippen LogP contribution in [0.5, 0.6) is 5.75 Å². The second-order valence-electron chi connectivity index (χ2n) is 7.61. The van der Waals surface area contributed by atoms with E-state index in [2.05, 4.69) is 20.2 Å². The Balaban J connectivity index is 1.56. The first-order valence-corrected chi connectivity index (χ1v) is 10.2. The van der Waals surface area contributed by atoms with Crippen molar-refractivity contribution in [2.75, 3.05) is 0 Å². The Morgan fingerprint density at radius 3 is 2.55 bits per heavy atom. The Morgan fingerprint density at radius 1 is 1.19 bits per heavy atom. The molecule has 0 atom stereocenters. The zero-order chi connectivity index (χ0) is 22.1. The molecule has 1 fully saturated rings. The lowest BCUT2D eigenvalue weighted by molar-refractivity contribution is -0.158. The van der Waals surface area contributed by atoms with Crippen molar-refractivity contribution in [3.05, 3.63) is 65.0 Å². The molecule has 1 aliphatic carbocycles. The van der Waals surface area contributed by atoms with Crippen molar-refractivity contribution >= 4 is 17.5 Å². The minimum atomic E-state index is -3.27. The summed E-state index contributed by atoms with van der Waals surface area (Å²) in [6.45, 7) is 0.672. The van der Waals surface area contributed by atoms with Crippen molar-refractivity contribution in [2.24, 2.45) is 0 Å². The summed E-state index contributed by atoms with van der Waals surface area (Å²) in [5, 5.41) is 7.56. The van der Waals surface area contributed by atoms with Crippen LogP contribution in [0.2, 0.25) is 5.02 Å². The maximum absolute atomic E-state index is 13.0. The molecule has 0 bridgehead atoms. The quantitative estimate of drug-likeness (QED) is 0.533. The minimum absolute atomic E-state index is 0.0287. The maximum Gasteiger partial charge on any atom is 0.394 e. The molecule has 9 heteroatoms. The van der Waals surface area contributed by atoms with Gasteiger partial charge in [-0.2, -0.15) is 13.8 Å². The van der Waals surface area contributed by atoms with Gasteiger partial charge in [0.25, 0.3) is 11.8 Å². The summed E-state index contributed by atoms with van der Waals surface area (Å²) in [4.78, 5) is 17.3. The largest absolute Gasteiger partial charge is 0.433 e. The summed E-state index contributed by atoms with van der Waals surface area (Å²) >= 11 is 6.00. The summed E-state index contributed by atoms with van der Waals surface area (Å²) in [5.74, 6) is 0.371. The number of halogens is 3. The van der Waals surface area contributed by atoms with Crippen molar-refractivity contribution in [3.63, 3.8) is 0 Å². The van der Waals surface area contributed by atoms with Gasteiger partial charge in [0.05, 0.1) is 0 Å². The molecule has 6 nitrogen and oxygen atoms in total. The van der Waals surface area contributed by atoms with Crippen molar-refractivity contribution in [3.8, 4) is 17.1 Å². The molecule has 1 saturated carbocycles. The molecule has 0 aliphatic heterocycles. The number of aromatic nitrogens is 2. The normalized spacial score (nSPS) is 15.6. The Hall–Kier alpha value is -3.00. The van der Waals surface area contributed by atoms with Crippen LogP contribution in [0.15, 0.2) is 53.1 Å². The smallest absolute Gasteiger partial charge is 0.394 e. The molecule has 0 radical (unpaired) electrons. The molecule has 1 aromatic heterocycles. The van der Waals surface area contributed by atoms with E-state index in [9.17, 15) is 13.6 Å². The highest BCUT2D eigenvalue weighted by Crippen LogP contribution is 2.39. The second-order valence-corrected chi connectivity index (χ2v) is 8.05. The molecular formula is C22H20ClF2N3O3. The number of ether oxygens (including phenoxy) is 1. The van der Waals surface area contributed by atoms with E-state index in [1.54, 1.807) is 36.4 Å². The van der Waals surface area contributed by atoms with Crippen LogP contribution >= 0.6 is 11.6 Å². The second kappa shape index (κ2) is 8.26. The van der Waals surface area contributed by atoms with Gasteiger partial charge < -0.3 is 14.6 Å². The number of hydrogen-bond donors (Lipinski definition) is 1. The van der Waals surface area contributed by atoms with E-state index < -0.39 is 11.6 Å². The summed E-state index contributed by atoms with van der Waals surface area (Å²) in [6.07, 6.45) is -0.120. The molecular weight excluding hydrogens is 428 g/mol. The van der Waals surface area contributed by atoms with Crippen LogP contribution in [0, 0.1) is 0 Å². The lowest BCUT2D eigenvalue weighted by Crippen LogP contribution is -2.44. The molecule has 0 saturated heterocycles. The number of amides is 1. The Morgan fingerprint density at radius 2 is 1.90 bits per heavy atom. The lowest BCUT2D eigenvalue weighted by atomic mass is 9.96. The van der Waals surface area contributed by atoms with Crippen molar-refractivity contribution in [1.82, 2.24) is 15.5 Å². The Kier molecular flexibility index (Phi) is 5.66. The number of rotatable bonds is 6. The molecule has 4 rings (SSSR count). The number of hydrogen-bond acceptors (Lipinski definition) is 5. The molecule has 0 unspecified atom stereocenters. The third-order valence-corrected chi connectivity index (χ3v) is 5.38. The first-order chi connectivity index (χ1) is 14.7. The van der Waals surface area contributed by atoms with Crippen LogP contribution in [0.4, 0.5) is 8.78 Å². The molecule has 1 aliphatic rings. The molecule has 31 heavy (non-hydrogen) atoms. The average molecular weight is 448 g/mol. The van der Waals surface area contributed by atoms with E-state index >= 15 is 0 Å². The van der Waals surface area contributed by atoms with Crippen LogP contribution < -0.4 is 10.1 Å². The van der Waals surface area contributed by atoms with Gasteiger partial charge in [-0.25, -0.2) is 0 Å². The predicted molar refractivity (Wildman–Crippen MR) is 110 cm³/mol. The fraction of sp³-hybridized carbons (Fsp3) is 0.318. The third kappa shape index (κ3) is 4.85. The number of nitrogens with one attached hydrogen (secondary N) is 1. The van der Waals surface area contributed by atoms with Crippen molar-refractivity contribution in [2.45, 2.75) is 44.3 Å². The van der Waals surface area contributed by atoms with Crippen LogP contribution in [-0.2, 0) is 5.54 Å². The van der Waals surface area contributed by atoms with Gasteiger partial charge in [-0.15, -0.1) is 0 Å². The van der Waals surface area contributed by atoms with Crippen LogP contribution in [0.25, 0.3) is 11.4 Å². The molecule has 2 aromatic carbocycles. The first kappa shape index (κ1) is 21.2. The Bertz CT molecular complexity index is 1070. The van der Waals surface area contributed by atoms with Gasteiger partial charge in [0.1, 0.15) is 11.3 Å². The number of carbonyl (C=O) groups excluding carboxylic acids is 1. The van der Waals surface area contributed by atoms with E-state index in [0.717, 1.165) is 12.8 Å². The number of carbonyl (C=O) groups is 1. The Labute approximate surface area is 182 Å². The highest BCUT2D eigenvalue weighted by Gasteiger charge is 2.42. The maximum atomic E-state index is 13.0. The number of alkyl halides is 2. The minimum Gasteiger partial charge on any atom is -0.433 e. The van der Waals surface area contributed by atoms with Gasteiger partial charge in [0.2, 0.25) is 5.82 Å². The SMILES string of the molecule is CC(F)(F)Oc1ccc(-c2noc(C3(NC(=O)c4cccc(Cl)c4)CCCC3)n2)cc1. The van der Waals surface area contributed by atoms with Gasteiger partial charge >= 0.3 is 6.11 Å². The third-order valence-electron chi connectivity index (χ3n) is 5.14. The van der Waals surface area contributed by atoms with E-state index in [-0.39, 0.29) is 11.7 Å². The van der Waals surface area contributed by atoms with Gasteiger partial charge in [-0.1, -0.05) is 35.7 Å². The average Bonchev–Trinajstić information content (AvgIpc) is 3.38. The molecule has 1 N–H and O–H groups in total. The summed E-state index contributed by atoms with van der Waals surface area (Å²) < 4.78 is 36.0.